The molecule has 0 unspecified atom stereocenters. The second kappa shape index (κ2) is 9.38. The van der Waals surface area contributed by atoms with Crippen LogP contribution in [-0.2, 0) is 0 Å². The van der Waals surface area contributed by atoms with E-state index in [4.69, 9.17) is 4.74 Å². The van der Waals surface area contributed by atoms with E-state index in [0.29, 0.717) is 23.5 Å². The van der Waals surface area contributed by atoms with Gasteiger partial charge in [-0.05, 0) is 49.2 Å². The first-order chi connectivity index (χ1) is 13.7. The van der Waals surface area contributed by atoms with Crippen molar-refractivity contribution < 1.29 is 9.13 Å². The van der Waals surface area contributed by atoms with E-state index in [-0.39, 0.29) is 18.2 Å². The normalized spacial score (nSPS) is 13.0. The first kappa shape index (κ1) is 20.6. The van der Waals surface area contributed by atoms with E-state index in [2.05, 4.69) is 30.5 Å². The fourth-order valence-corrected chi connectivity index (χ4v) is 3.03. The number of anilines is 5. The first-order valence-electron chi connectivity index (χ1n) is 9.14. The van der Waals surface area contributed by atoms with Gasteiger partial charge in [0.15, 0.2) is 0 Å². The SMILES string of the molecule is COc1cccc(Nc2nc(Nc3ccc(F)cc3)nc(N3CCCC3)n2)c1.Cl. The Morgan fingerprint density at radius 2 is 1.55 bits per heavy atom. The van der Waals surface area contributed by atoms with Crippen LogP contribution in [0.4, 0.5) is 33.6 Å². The summed E-state index contributed by atoms with van der Waals surface area (Å²) in [6, 6.07) is 13.6. The minimum absolute atomic E-state index is 0. The van der Waals surface area contributed by atoms with Crippen molar-refractivity contribution in [3.63, 3.8) is 0 Å². The van der Waals surface area contributed by atoms with Crippen molar-refractivity contribution in [3.05, 3.63) is 54.3 Å². The smallest absolute Gasteiger partial charge is 0.233 e. The van der Waals surface area contributed by atoms with Crippen LogP contribution in [-0.4, -0.2) is 35.2 Å². The largest absolute Gasteiger partial charge is 0.497 e. The molecule has 0 radical (unpaired) electrons. The highest BCUT2D eigenvalue weighted by molar-refractivity contribution is 5.85. The van der Waals surface area contributed by atoms with Crippen molar-refractivity contribution >= 4 is 41.6 Å². The van der Waals surface area contributed by atoms with Gasteiger partial charge in [0, 0.05) is 30.5 Å². The molecule has 2 heterocycles. The fourth-order valence-electron chi connectivity index (χ4n) is 3.03. The van der Waals surface area contributed by atoms with E-state index in [1.54, 1.807) is 19.2 Å². The van der Waals surface area contributed by atoms with E-state index in [1.807, 2.05) is 24.3 Å². The van der Waals surface area contributed by atoms with E-state index in [9.17, 15) is 4.39 Å². The van der Waals surface area contributed by atoms with Gasteiger partial charge in [0.1, 0.15) is 11.6 Å². The zero-order valence-corrected chi connectivity index (χ0v) is 16.7. The van der Waals surface area contributed by atoms with Gasteiger partial charge in [-0.1, -0.05) is 6.07 Å². The minimum atomic E-state index is -0.292. The lowest BCUT2D eigenvalue weighted by Crippen LogP contribution is -2.21. The molecule has 0 saturated carbocycles. The molecule has 9 heteroatoms. The third-order valence-corrected chi connectivity index (χ3v) is 4.44. The zero-order valence-electron chi connectivity index (χ0n) is 15.9. The van der Waals surface area contributed by atoms with Gasteiger partial charge in [-0.25, -0.2) is 4.39 Å². The van der Waals surface area contributed by atoms with Gasteiger partial charge >= 0.3 is 0 Å². The molecule has 4 rings (SSSR count). The number of hydrogen-bond acceptors (Lipinski definition) is 7. The maximum Gasteiger partial charge on any atom is 0.233 e. The highest BCUT2D eigenvalue weighted by Crippen LogP contribution is 2.24. The van der Waals surface area contributed by atoms with Gasteiger partial charge in [0.25, 0.3) is 0 Å². The molecule has 0 aliphatic carbocycles. The Labute approximate surface area is 174 Å². The van der Waals surface area contributed by atoms with E-state index in [1.165, 1.54) is 12.1 Å². The molecule has 7 nitrogen and oxygen atoms in total. The molecule has 29 heavy (non-hydrogen) atoms. The lowest BCUT2D eigenvalue weighted by Gasteiger charge is -2.17. The van der Waals surface area contributed by atoms with Crippen molar-refractivity contribution in [1.29, 1.82) is 0 Å². The molecule has 152 valence electrons. The maximum absolute atomic E-state index is 13.2. The quantitative estimate of drug-likeness (QED) is 0.611. The molecule has 0 atom stereocenters. The summed E-state index contributed by atoms with van der Waals surface area (Å²) >= 11 is 0. The molecule has 1 aromatic heterocycles. The topological polar surface area (TPSA) is 75.2 Å². The molecular weight excluding hydrogens is 395 g/mol. The number of aromatic nitrogens is 3. The number of hydrogen-bond donors (Lipinski definition) is 2. The fraction of sp³-hybridized carbons (Fsp3) is 0.250. The molecule has 0 spiro atoms. The second-order valence-corrected chi connectivity index (χ2v) is 6.47. The average molecular weight is 417 g/mol. The van der Waals surface area contributed by atoms with Gasteiger partial charge < -0.3 is 20.3 Å². The van der Waals surface area contributed by atoms with Crippen LogP contribution in [0.15, 0.2) is 48.5 Å². The Kier molecular flexibility index (Phi) is 6.66. The van der Waals surface area contributed by atoms with Crippen LogP contribution in [0.25, 0.3) is 0 Å². The van der Waals surface area contributed by atoms with Crippen LogP contribution in [0.2, 0.25) is 0 Å². The Morgan fingerprint density at radius 1 is 0.897 bits per heavy atom. The lowest BCUT2D eigenvalue weighted by atomic mass is 10.3. The van der Waals surface area contributed by atoms with Gasteiger partial charge in [-0.3, -0.25) is 0 Å². The summed E-state index contributed by atoms with van der Waals surface area (Å²) in [5.41, 5.74) is 1.51. The monoisotopic (exact) mass is 416 g/mol. The molecule has 1 fully saturated rings. The molecule has 1 saturated heterocycles. The molecule has 2 N–H and O–H groups in total. The van der Waals surface area contributed by atoms with Crippen molar-refractivity contribution in [1.82, 2.24) is 15.0 Å². The summed E-state index contributed by atoms with van der Waals surface area (Å²) in [4.78, 5) is 15.7. The van der Waals surface area contributed by atoms with E-state index >= 15 is 0 Å². The number of ether oxygens (including phenoxy) is 1. The van der Waals surface area contributed by atoms with Gasteiger partial charge in [0.05, 0.1) is 7.11 Å². The Morgan fingerprint density at radius 3 is 2.21 bits per heavy atom. The third-order valence-electron chi connectivity index (χ3n) is 4.44. The summed E-state index contributed by atoms with van der Waals surface area (Å²) in [6.07, 6.45) is 2.23. The number of nitrogens with zero attached hydrogens (tertiary/aromatic N) is 4. The van der Waals surface area contributed by atoms with Crippen LogP contribution in [0.5, 0.6) is 5.75 Å². The zero-order chi connectivity index (χ0) is 19.3. The Balaban J connectivity index is 0.00000240. The predicted octanol–water partition coefficient (Wildman–Crippen LogP) is 4.53. The maximum atomic E-state index is 13.2. The highest BCUT2D eigenvalue weighted by Gasteiger charge is 2.18. The van der Waals surface area contributed by atoms with E-state index < -0.39 is 0 Å². The molecule has 1 aliphatic rings. The number of benzene rings is 2. The summed E-state index contributed by atoms with van der Waals surface area (Å²) < 4.78 is 18.4. The van der Waals surface area contributed by atoms with Gasteiger partial charge in [-0.2, -0.15) is 15.0 Å². The predicted molar refractivity (Wildman–Crippen MR) is 114 cm³/mol. The van der Waals surface area contributed by atoms with Crippen LogP contribution in [0.3, 0.4) is 0 Å². The van der Waals surface area contributed by atoms with E-state index in [0.717, 1.165) is 37.4 Å². The summed E-state index contributed by atoms with van der Waals surface area (Å²) in [5, 5.41) is 6.33. The van der Waals surface area contributed by atoms with Crippen LogP contribution in [0, 0.1) is 5.82 Å². The molecule has 1 aliphatic heterocycles. The lowest BCUT2D eigenvalue weighted by molar-refractivity contribution is 0.415. The number of methoxy groups -OCH3 is 1. The standard InChI is InChI=1S/C20H21FN6O.ClH/c1-28-17-6-4-5-16(13-17)23-19-24-18(22-15-9-7-14(21)8-10-15)25-20(26-19)27-11-2-3-12-27;/h4-10,13H,2-3,11-12H2,1H3,(H2,22,23,24,25,26);1H. The molecular formula is C20H22ClFN6O. The number of nitrogens with one attached hydrogen (secondary N) is 2. The van der Waals surface area contributed by atoms with Gasteiger partial charge in [-0.15, -0.1) is 12.4 Å². The Hall–Kier alpha value is -3.13. The number of halogens is 2. The summed E-state index contributed by atoms with van der Waals surface area (Å²) in [6.45, 7) is 1.83. The molecule has 0 bridgehead atoms. The first-order valence-corrected chi connectivity index (χ1v) is 9.14. The Bertz CT molecular complexity index is 950. The van der Waals surface area contributed by atoms with Crippen molar-refractivity contribution in [2.75, 3.05) is 35.7 Å². The average Bonchev–Trinajstić information content (AvgIpc) is 3.25. The van der Waals surface area contributed by atoms with Crippen LogP contribution in [0.1, 0.15) is 12.8 Å². The van der Waals surface area contributed by atoms with Crippen LogP contribution >= 0.6 is 12.4 Å². The summed E-state index contributed by atoms with van der Waals surface area (Å²) in [5.74, 6) is 1.88. The number of rotatable bonds is 6. The molecule has 3 aromatic rings. The van der Waals surface area contributed by atoms with Crippen molar-refractivity contribution in [2.45, 2.75) is 12.8 Å². The molecule has 0 amide bonds. The van der Waals surface area contributed by atoms with Gasteiger partial charge in [0.2, 0.25) is 17.8 Å². The third kappa shape index (κ3) is 5.23. The molecule has 2 aromatic carbocycles. The van der Waals surface area contributed by atoms with Crippen LogP contribution < -0.4 is 20.3 Å². The van der Waals surface area contributed by atoms with Crippen molar-refractivity contribution in [3.8, 4) is 5.75 Å². The highest BCUT2D eigenvalue weighted by atomic mass is 35.5. The second-order valence-electron chi connectivity index (χ2n) is 6.47. The van der Waals surface area contributed by atoms with Crippen molar-refractivity contribution in [2.24, 2.45) is 0 Å². The minimum Gasteiger partial charge on any atom is -0.497 e. The summed E-state index contributed by atoms with van der Waals surface area (Å²) in [7, 11) is 1.62.